The van der Waals surface area contributed by atoms with Crippen molar-refractivity contribution in [3.05, 3.63) is 59.0 Å². The summed E-state index contributed by atoms with van der Waals surface area (Å²) < 4.78 is 6.99. The first kappa shape index (κ1) is 14.4. The van der Waals surface area contributed by atoms with Gasteiger partial charge in [0.2, 0.25) is 0 Å². The minimum atomic E-state index is -1.02. The van der Waals surface area contributed by atoms with E-state index in [9.17, 15) is 9.90 Å². The summed E-state index contributed by atoms with van der Waals surface area (Å²) in [5.41, 5.74) is 1.74. The fourth-order valence-electron chi connectivity index (χ4n) is 2.41. The highest BCUT2D eigenvalue weighted by Crippen LogP contribution is 2.26. The quantitative estimate of drug-likeness (QED) is 0.749. The predicted molar refractivity (Wildman–Crippen MR) is 83.8 cm³/mol. The van der Waals surface area contributed by atoms with Crippen LogP contribution in [-0.2, 0) is 6.54 Å². The van der Waals surface area contributed by atoms with Crippen molar-refractivity contribution >= 4 is 28.5 Å². The van der Waals surface area contributed by atoms with E-state index in [0.717, 1.165) is 11.3 Å². The Morgan fingerprint density at radius 3 is 2.68 bits per heavy atom. The van der Waals surface area contributed by atoms with Crippen LogP contribution in [-0.4, -0.2) is 27.7 Å². The number of hydrogen-bond donors (Lipinski definition) is 1. The van der Waals surface area contributed by atoms with Crippen LogP contribution < -0.4 is 4.74 Å². The summed E-state index contributed by atoms with van der Waals surface area (Å²) >= 11 is 6.06. The Labute approximate surface area is 131 Å². The van der Waals surface area contributed by atoms with E-state index in [1.165, 1.54) is 6.20 Å². The Kier molecular flexibility index (Phi) is 3.73. The lowest BCUT2D eigenvalue weighted by Crippen LogP contribution is -2.05. The van der Waals surface area contributed by atoms with Gasteiger partial charge in [0.25, 0.3) is 0 Å². The van der Waals surface area contributed by atoms with Crippen LogP contribution in [0.3, 0.4) is 0 Å². The summed E-state index contributed by atoms with van der Waals surface area (Å²) in [7, 11) is 1.61. The fraction of sp³-hybridized carbons (Fsp3) is 0.125. The zero-order valence-corrected chi connectivity index (χ0v) is 12.5. The first-order valence-corrected chi connectivity index (χ1v) is 6.97. The molecule has 0 atom stereocenters. The van der Waals surface area contributed by atoms with Gasteiger partial charge in [0.05, 0.1) is 12.6 Å². The summed E-state index contributed by atoms with van der Waals surface area (Å²) in [6.07, 6.45) is 3.10. The topological polar surface area (TPSA) is 64.4 Å². The van der Waals surface area contributed by atoms with Crippen LogP contribution in [0.4, 0.5) is 0 Å². The number of aromatic nitrogens is 2. The van der Waals surface area contributed by atoms with Crippen molar-refractivity contribution in [3.8, 4) is 5.75 Å². The van der Waals surface area contributed by atoms with E-state index in [2.05, 4.69) is 4.98 Å². The molecule has 0 amide bonds. The molecule has 0 bridgehead atoms. The molecule has 3 rings (SSSR count). The molecule has 112 valence electrons. The highest BCUT2D eigenvalue weighted by atomic mass is 35.5. The number of benzene rings is 1. The maximum Gasteiger partial charge on any atom is 0.339 e. The van der Waals surface area contributed by atoms with Crippen LogP contribution in [0.15, 0.2) is 42.7 Å². The third kappa shape index (κ3) is 2.51. The van der Waals surface area contributed by atoms with Crippen LogP contribution >= 0.6 is 11.6 Å². The number of hydrogen-bond acceptors (Lipinski definition) is 3. The zero-order chi connectivity index (χ0) is 15.7. The van der Waals surface area contributed by atoms with Gasteiger partial charge in [0.15, 0.2) is 0 Å². The number of methoxy groups -OCH3 is 1. The van der Waals surface area contributed by atoms with E-state index in [1.54, 1.807) is 13.2 Å². The third-order valence-electron chi connectivity index (χ3n) is 3.49. The van der Waals surface area contributed by atoms with Gasteiger partial charge in [0, 0.05) is 24.3 Å². The van der Waals surface area contributed by atoms with Crippen molar-refractivity contribution in [3.63, 3.8) is 0 Å². The van der Waals surface area contributed by atoms with Gasteiger partial charge in [-0.2, -0.15) is 0 Å². The molecule has 0 fully saturated rings. The van der Waals surface area contributed by atoms with Crippen molar-refractivity contribution in [2.45, 2.75) is 6.54 Å². The van der Waals surface area contributed by atoms with Gasteiger partial charge in [-0.15, -0.1) is 0 Å². The van der Waals surface area contributed by atoms with Gasteiger partial charge in [-0.3, -0.25) is 0 Å². The molecule has 1 aromatic carbocycles. The van der Waals surface area contributed by atoms with E-state index in [1.807, 2.05) is 35.0 Å². The van der Waals surface area contributed by atoms with Gasteiger partial charge in [-0.05, 0) is 23.8 Å². The normalized spacial score (nSPS) is 10.8. The largest absolute Gasteiger partial charge is 0.497 e. The molecule has 0 saturated carbocycles. The van der Waals surface area contributed by atoms with E-state index >= 15 is 0 Å². The summed E-state index contributed by atoms with van der Waals surface area (Å²) in [6.45, 7) is 0.536. The monoisotopic (exact) mass is 316 g/mol. The molecular weight excluding hydrogens is 304 g/mol. The maximum absolute atomic E-state index is 11.4. The lowest BCUT2D eigenvalue weighted by atomic mass is 10.2. The van der Waals surface area contributed by atoms with Crippen molar-refractivity contribution in [2.75, 3.05) is 7.11 Å². The molecule has 1 N–H and O–H groups in total. The van der Waals surface area contributed by atoms with Crippen LogP contribution in [0.1, 0.15) is 15.9 Å². The Morgan fingerprint density at radius 1 is 1.32 bits per heavy atom. The van der Waals surface area contributed by atoms with Crippen LogP contribution in [0.2, 0.25) is 5.15 Å². The number of ether oxygens (including phenoxy) is 1. The van der Waals surface area contributed by atoms with Crippen LogP contribution in [0, 0.1) is 0 Å². The van der Waals surface area contributed by atoms with E-state index in [-0.39, 0.29) is 5.56 Å². The minimum absolute atomic E-state index is 0.137. The molecule has 0 aliphatic carbocycles. The van der Waals surface area contributed by atoms with Gasteiger partial charge >= 0.3 is 5.97 Å². The fourth-order valence-corrected chi connectivity index (χ4v) is 2.61. The number of carboxylic acids is 1. The molecule has 0 radical (unpaired) electrons. The van der Waals surface area contributed by atoms with Gasteiger partial charge in [-0.1, -0.05) is 23.7 Å². The molecule has 0 unspecified atom stereocenters. The highest BCUT2D eigenvalue weighted by molar-refractivity contribution is 6.34. The summed E-state index contributed by atoms with van der Waals surface area (Å²) in [6, 6.07) is 9.39. The number of halogens is 1. The molecule has 0 aliphatic rings. The maximum atomic E-state index is 11.4. The SMILES string of the molecule is COc1ccc(Cn2ccc3c(Cl)ncc(C(=O)O)c32)cc1. The molecule has 0 aliphatic heterocycles. The number of rotatable bonds is 4. The molecule has 3 aromatic rings. The lowest BCUT2D eigenvalue weighted by molar-refractivity contribution is 0.0698. The minimum Gasteiger partial charge on any atom is -0.497 e. The van der Waals surface area contributed by atoms with Crippen molar-refractivity contribution in [1.29, 1.82) is 0 Å². The summed E-state index contributed by atoms with van der Waals surface area (Å²) in [4.78, 5) is 15.3. The summed E-state index contributed by atoms with van der Waals surface area (Å²) in [5.74, 6) is -0.247. The average Bonchev–Trinajstić information content (AvgIpc) is 2.93. The molecule has 0 saturated heterocycles. The van der Waals surface area contributed by atoms with Crippen LogP contribution in [0.25, 0.3) is 10.9 Å². The third-order valence-corrected chi connectivity index (χ3v) is 3.79. The molecule has 6 heteroatoms. The molecule has 2 aromatic heterocycles. The molecule has 5 nitrogen and oxygen atoms in total. The van der Waals surface area contributed by atoms with Crippen molar-refractivity contribution < 1.29 is 14.6 Å². The second kappa shape index (κ2) is 5.69. The Morgan fingerprint density at radius 2 is 2.05 bits per heavy atom. The summed E-state index contributed by atoms with van der Waals surface area (Å²) in [5, 5.41) is 10.3. The second-order valence-electron chi connectivity index (χ2n) is 4.82. The standard InChI is InChI=1S/C16H13ClN2O3/c1-22-11-4-2-10(3-5-11)9-19-7-6-12-14(19)13(16(20)21)8-18-15(12)17/h2-8H,9H2,1H3,(H,20,21). The number of pyridine rings is 1. The number of fused-ring (bicyclic) bond motifs is 1. The Bertz CT molecular complexity index is 840. The second-order valence-corrected chi connectivity index (χ2v) is 5.18. The number of aromatic carboxylic acids is 1. The lowest BCUT2D eigenvalue weighted by Gasteiger charge is -2.09. The van der Waals surface area contributed by atoms with Crippen LogP contribution in [0.5, 0.6) is 5.75 Å². The van der Waals surface area contributed by atoms with Gasteiger partial charge in [0.1, 0.15) is 16.5 Å². The number of carboxylic acid groups (broad SMARTS) is 1. The molecule has 22 heavy (non-hydrogen) atoms. The number of carbonyl (C=O) groups is 1. The average molecular weight is 317 g/mol. The van der Waals surface area contributed by atoms with Crippen molar-refractivity contribution in [2.24, 2.45) is 0 Å². The Hall–Kier alpha value is -2.53. The predicted octanol–water partition coefficient (Wildman–Crippen LogP) is 3.44. The van der Waals surface area contributed by atoms with Crippen molar-refractivity contribution in [1.82, 2.24) is 9.55 Å². The Balaban J connectivity index is 2.06. The van der Waals surface area contributed by atoms with E-state index in [4.69, 9.17) is 16.3 Å². The molecular formula is C16H13ClN2O3. The number of nitrogens with zero attached hydrogens (tertiary/aromatic N) is 2. The van der Waals surface area contributed by atoms with E-state index in [0.29, 0.717) is 22.6 Å². The van der Waals surface area contributed by atoms with Gasteiger partial charge in [-0.25, -0.2) is 9.78 Å². The molecule has 0 spiro atoms. The first-order chi connectivity index (χ1) is 10.6. The highest BCUT2D eigenvalue weighted by Gasteiger charge is 2.16. The van der Waals surface area contributed by atoms with E-state index < -0.39 is 5.97 Å². The van der Waals surface area contributed by atoms with Gasteiger partial charge < -0.3 is 14.4 Å². The first-order valence-electron chi connectivity index (χ1n) is 6.59. The molecule has 2 heterocycles. The smallest absolute Gasteiger partial charge is 0.339 e. The zero-order valence-electron chi connectivity index (χ0n) is 11.8.